The first-order chi connectivity index (χ1) is 14.8. The third-order valence-corrected chi connectivity index (χ3v) is 5.77. The average molecular weight is 560 g/mol. The minimum atomic E-state index is -0.00239. The van der Waals surface area contributed by atoms with Gasteiger partial charge < -0.3 is 20.3 Å². The summed E-state index contributed by atoms with van der Waals surface area (Å²) >= 11 is 0. The molecule has 0 bridgehead atoms. The van der Waals surface area contributed by atoms with Crippen LogP contribution in [0.3, 0.4) is 0 Å². The SMILES string of the molecule is COCCC(C)(C)CNC(=NCC(=O)N(C)C)NC1CCN(Cc2ccccc2)CC1.I. The number of carbonyl (C=O) groups excluding carboxylic acids is 1. The van der Waals surface area contributed by atoms with E-state index < -0.39 is 0 Å². The number of hydrogen-bond acceptors (Lipinski definition) is 4. The number of likely N-dealkylation sites (N-methyl/N-ethyl adjacent to an activating group) is 1. The molecule has 1 aliphatic heterocycles. The van der Waals surface area contributed by atoms with Crippen LogP contribution in [0, 0.1) is 5.41 Å². The summed E-state index contributed by atoms with van der Waals surface area (Å²) in [5.74, 6) is 0.722. The van der Waals surface area contributed by atoms with Crippen molar-refractivity contribution in [3.63, 3.8) is 0 Å². The molecule has 0 spiro atoms. The number of aliphatic imine (C=N–C) groups is 1. The molecule has 8 heteroatoms. The molecule has 0 unspecified atom stereocenters. The monoisotopic (exact) mass is 559 g/mol. The maximum absolute atomic E-state index is 12.0. The minimum absolute atomic E-state index is 0. The Kier molecular flexibility index (Phi) is 13.2. The zero-order valence-corrected chi connectivity index (χ0v) is 22.7. The Bertz CT molecular complexity index is 689. The largest absolute Gasteiger partial charge is 0.385 e. The fourth-order valence-electron chi connectivity index (χ4n) is 3.50. The maximum Gasteiger partial charge on any atom is 0.243 e. The van der Waals surface area contributed by atoms with Crippen LogP contribution >= 0.6 is 24.0 Å². The Hall–Kier alpha value is -1.39. The fourth-order valence-corrected chi connectivity index (χ4v) is 3.50. The molecule has 1 aliphatic rings. The molecule has 0 aromatic heterocycles. The second-order valence-corrected chi connectivity index (χ2v) is 9.39. The number of likely N-dealkylation sites (tertiary alicyclic amines) is 1. The number of methoxy groups -OCH3 is 1. The molecule has 1 heterocycles. The van der Waals surface area contributed by atoms with Crippen LogP contribution in [0.15, 0.2) is 35.3 Å². The minimum Gasteiger partial charge on any atom is -0.385 e. The molecule has 1 saturated heterocycles. The van der Waals surface area contributed by atoms with Gasteiger partial charge in [-0.15, -0.1) is 24.0 Å². The van der Waals surface area contributed by atoms with Crippen LogP contribution in [0.1, 0.15) is 38.7 Å². The van der Waals surface area contributed by atoms with E-state index in [0.717, 1.165) is 58.0 Å². The van der Waals surface area contributed by atoms with Crippen LogP contribution < -0.4 is 10.6 Å². The Balaban J connectivity index is 0.00000512. The molecule has 2 rings (SSSR count). The quantitative estimate of drug-likeness (QED) is 0.262. The van der Waals surface area contributed by atoms with Gasteiger partial charge in [-0.3, -0.25) is 9.69 Å². The van der Waals surface area contributed by atoms with Gasteiger partial charge >= 0.3 is 0 Å². The summed E-state index contributed by atoms with van der Waals surface area (Å²) < 4.78 is 5.24. The summed E-state index contributed by atoms with van der Waals surface area (Å²) in [6.45, 7) is 9.17. The number of guanidine groups is 1. The highest BCUT2D eigenvalue weighted by Gasteiger charge is 2.22. The lowest BCUT2D eigenvalue weighted by molar-refractivity contribution is -0.127. The zero-order valence-electron chi connectivity index (χ0n) is 20.4. The first-order valence-corrected chi connectivity index (χ1v) is 11.3. The van der Waals surface area contributed by atoms with Crippen LogP contribution in [0.25, 0.3) is 0 Å². The lowest BCUT2D eigenvalue weighted by Crippen LogP contribution is -2.50. The smallest absolute Gasteiger partial charge is 0.243 e. The predicted molar refractivity (Wildman–Crippen MR) is 143 cm³/mol. The third kappa shape index (κ3) is 11.0. The van der Waals surface area contributed by atoms with E-state index in [1.54, 1.807) is 26.1 Å². The summed E-state index contributed by atoms with van der Waals surface area (Å²) in [7, 11) is 5.25. The molecule has 7 nitrogen and oxygen atoms in total. The molecule has 1 aromatic rings. The van der Waals surface area contributed by atoms with E-state index in [1.807, 2.05) is 0 Å². The molecule has 32 heavy (non-hydrogen) atoms. The van der Waals surface area contributed by atoms with E-state index in [2.05, 4.69) is 64.7 Å². The molecule has 1 aromatic carbocycles. The predicted octanol–water partition coefficient (Wildman–Crippen LogP) is 2.96. The molecule has 0 radical (unpaired) electrons. The third-order valence-electron chi connectivity index (χ3n) is 5.77. The van der Waals surface area contributed by atoms with Crippen molar-refractivity contribution in [2.75, 3.05) is 54.0 Å². The Morgan fingerprint density at radius 1 is 1.22 bits per heavy atom. The lowest BCUT2D eigenvalue weighted by Gasteiger charge is -2.34. The summed E-state index contributed by atoms with van der Waals surface area (Å²) in [4.78, 5) is 20.7. The lowest BCUT2D eigenvalue weighted by atomic mass is 9.90. The molecule has 1 amide bonds. The molecule has 0 saturated carbocycles. The van der Waals surface area contributed by atoms with E-state index in [0.29, 0.717) is 6.04 Å². The molecular weight excluding hydrogens is 517 g/mol. The fraction of sp³-hybridized carbons (Fsp3) is 0.667. The van der Waals surface area contributed by atoms with Crippen molar-refractivity contribution in [1.82, 2.24) is 20.4 Å². The summed E-state index contributed by atoms with van der Waals surface area (Å²) in [5, 5.41) is 7.03. The van der Waals surface area contributed by atoms with Gasteiger partial charge in [-0.25, -0.2) is 4.99 Å². The first kappa shape index (κ1) is 28.6. The highest BCUT2D eigenvalue weighted by Crippen LogP contribution is 2.19. The van der Waals surface area contributed by atoms with Crippen LogP contribution in [-0.2, 0) is 16.1 Å². The normalized spacial score (nSPS) is 15.7. The molecule has 1 fully saturated rings. The van der Waals surface area contributed by atoms with Gasteiger partial charge in [0.25, 0.3) is 0 Å². The van der Waals surface area contributed by atoms with Gasteiger partial charge in [0.05, 0.1) is 0 Å². The molecule has 182 valence electrons. The van der Waals surface area contributed by atoms with Gasteiger partial charge in [0.15, 0.2) is 5.96 Å². The van der Waals surface area contributed by atoms with Crippen molar-refractivity contribution in [2.45, 2.75) is 45.7 Å². The van der Waals surface area contributed by atoms with E-state index >= 15 is 0 Å². The maximum atomic E-state index is 12.0. The number of benzene rings is 1. The zero-order chi connectivity index (χ0) is 22.7. The van der Waals surface area contributed by atoms with Gasteiger partial charge in [-0.1, -0.05) is 44.2 Å². The number of carbonyl (C=O) groups is 1. The number of hydrogen-bond donors (Lipinski definition) is 2. The van der Waals surface area contributed by atoms with Crippen molar-refractivity contribution in [3.8, 4) is 0 Å². The van der Waals surface area contributed by atoms with Crippen LogP contribution in [0.5, 0.6) is 0 Å². The summed E-state index contributed by atoms with van der Waals surface area (Å²) in [6, 6.07) is 11.0. The van der Waals surface area contributed by atoms with Crippen LogP contribution in [0.2, 0.25) is 0 Å². The number of piperidine rings is 1. The Morgan fingerprint density at radius 3 is 2.47 bits per heavy atom. The standard InChI is InChI=1S/C24H41N5O2.HI/c1-24(2,13-16-31-5)19-26-23(25-17-22(30)28(3)4)27-21-11-14-29(15-12-21)18-20-9-7-6-8-10-20;/h6-10,21H,11-19H2,1-5H3,(H2,25,26,27);1H. The van der Waals surface area contributed by atoms with Gasteiger partial charge in [0.1, 0.15) is 6.54 Å². The number of amides is 1. The van der Waals surface area contributed by atoms with E-state index in [4.69, 9.17) is 4.74 Å². The van der Waals surface area contributed by atoms with E-state index in [-0.39, 0.29) is 41.8 Å². The Morgan fingerprint density at radius 2 is 1.88 bits per heavy atom. The number of halogens is 1. The van der Waals surface area contributed by atoms with Crippen LogP contribution in [0.4, 0.5) is 0 Å². The van der Waals surface area contributed by atoms with Gasteiger partial charge in [-0.2, -0.15) is 0 Å². The molecule has 0 aliphatic carbocycles. The van der Waals surface area contributed by atoms with Gasteiger partial charge in [-0.05, 0) is 30.2 Å². The topological polar surface area (TPSA) is 69.2 Å². The highest BCUT2D eigenvalue weighted by atomic mass is 127. The van der Waals surface area contributed by atoms with Crippen molar-refractivity contribution in [2.24, 2.45) is 10.4 Å². The van der Waals surface area contributed by atoms with Gasteiger partial charge in [0.2, 0.25) is 5.91 Å². The second-order valence-electron chi connectivity index (χ2n) is 9.39. The molecule has 0 atom stereocenters. The first-order valence-electron chi connectivity index (χ1n) is 11.3. The van der Waals surface area contributed by atoms with Crippen molar-refractivity contribution in [3.05, 3.63) is 35.9 Å². The number of ether oxygens (including phenoxy) is 1. The van der Waals surface area contributed by atoms with Crippen molar-refractivity contribution < 1.29 is 9.53 Å². The van der Waals surface area contributed by atoms with E-state index in [1.165, 1.54) is 5.56 Å². The molecule has 2 N–H and O–H groups in total. The summed E-state index contributed by atoms with van der Waals surface area (Å²) in [5.41, 5.74) is 1.43. The Labute approximate surface area is 211 Å². The second kappa shape index (κ2) is 14.7. The average Bonchev–Trinajstić information content (AvgIpc) is 2.76. The number of rotatable bonds is 10. The van der Waals surface area contributed by atoms with Crippen LogP contribution in [-0.4, -0.2) is 81.7 Å². The highest BCUT2D eigenvalue weighted by molar-refractivity contribution is 14.0. The molecular formula is C24H42IN5O2. The summed E-state index contributed by atoms with van der Waals surface area (Å²) in [6.07, 6.45) is 3.07. The number of nitrogens with one attached hydrogen (secondary N) is 2. The van der Waals surface area contributed by atoms with Crippen molar-refractivity contribution >= 4 is 35.8 Å². The van der Waals surface area contributed by atoms with Crippen molar-refractivity contribution in [1.29, 1.82) is 0 Å². The van der Waals surface area contributed by atoms with E-state index in [9.17, 15) is 4.79 Å². The number of nitrogens with zero attached hydrogens (tertiary/aromatic N) is 3. The van der Waals surface area contributed by atoms with Gasteiger partial charge in [0, 0.05) is 60.0 Å².